The summed E-state index contributed by atoms with van der Waals surface area (Å²) in [5.41, 5.74) is 1.39. The van der Waals surface area contributed by atoms with Crippen LogP contribution in [0.3, 0.4) is 0 Å². The first-order chi connectivity index (χ1) is 29.8. The minimum atomic E-state index is -2.42. The van der Waals surface area contributed by atoms with E-state index in [0.717, 1.165) is 12.0 Å². The maximum atomic E-state index is 14.3. The Balaban J connectivity index is 1.67. The van der Waals surface area contributed by atoms with Gasteiger partial charge in [0, 0.05) is 57.8 Å². The van der Waals surface area contributed by atoms with Crippen LogP contribution < -0.4 is 0 Å². The predicted octanol–water partition coefficient (Wildman–Crippen LogP) is 6.56. The van der Waals surface area contributed by atoms with Gasteiger partial charge in [0.2, 0.25) is 5.79 Å². The van der Waals surface area contributed by atoms with Gasteiger partial charge in [0.1, 0.15) is 23.7 Å². The van der Waals surface area contributed by atoms with Crippen LogP contribution in [0.15, 0.2) is 47.6 Å². The lowest BCUT2D eigenvalue weighted by Crippen LogP contribution is -2.61. The lowest BCUT2D eigenvalue weighted by atomic mass is 9.78. The van der Waals surface area contributed by atoms with Gasteiger partial charge < -0.3 is 39.2 Å². The van der Waals surface area contributed by atoms with Crippen LogP contribution >= 0.6 is 0 Å². The van der Waals surface area contributed by atoms with Crippen molar-refractivity contribution in [3.8, 4) is 0 Å². The molecule has 354 valence electrons. The van der Waals surface area contributed by atoms with Crippen LogP contribution in [0.1, 0.15) is 132 Å². The normalized spacial score (nSPS) is 40.1. The number of amides is 1. The standard InChI is InChI=1S/C50H77NO12/c1-30-15-11-10-12-16-31(2)44(60-8)27-38-20-18-36(7)50(59,63-38)47(56)48(57)51-22-14-13-17-39(51)49(58)62-45(35(6)25-37-19-21-40(52)46(26-37)61-9)29-43(55)34(5)24-33(4)42(54)28-41(53)32(3)23-30/h10-12,15-16,24,30,32,34-40,42,44-46,52,54,59H,13-14,17-23,25-29H2,1-9H3/b12-10-,15-11+,31-16+,33-24+/t30-,32-,34-,35-,36-,37+,38+,39+,40-,42+,44+,45+,46-,50-/m1/s1. The Morgan fingerprint density at radius 3 is 2.27 bits per heavy atom. The monoisotopic (exact) mass is 884 g/mol. The first-order valence-electron chi connectivity index (χ1n) is 23.4. The highest BCUT2D eigenvalue weighted by molar-refractivity contribution is 6.39. The molecule has 0 aromatic rings. The third kappa shape index (κ3) is 14.3. The first-order valence-corrected chi connectivity index (χ1v) is 23.4. The van der Waals surface area contributed by atoms with E-state index in [1.54, 1.807) is 41.1 Å². The molecule has 63 heavy (non-hydrogen) atoms. The highest BCUT2D eigenvalue weighted by Crippen LogP contribution is 2.37. The zero-order chi connectivity index (χ0) is 46.6. The molecule has 4 rings (SSSR count). The fourth-order valence-electron chi connectivity index (χ4n) is 9.78. The van der Waals surface area contributed by atoms with Gasteiger partial charge >= 0.3 is 5.97 Å². The molecule has 3 aliphatic heterocycles. The zero-order valence-corrected chi connectivity index (χ0v) is 39.3. The highest BCUT2D eigenvalue weighted by Gasteiger charge is 2.53. The number of hydrogen-bond acceptors (Lipinski definition) is 12. The van der Waals surface area contributed by atoms with E-state index < -0.39 is 71.8 Å². The fraction of sp³-hybridized carbons (Fsp3) is 0.740. The molecule has 3 fully saturated rings. The van der Waals surface area contributed by atoms with Crippen molar-refractivity contribution in [1.82, 2.24) is 4.90 Å². The molecule has 3 N–H and O–H groups in total. The molecule has 0 aromatic carbocycles. The van der Waals surface area contributed by atoms with Crippen LogP contribution in [-0.2, 0) is 42.9 Å². The predicted molar refractivity (Wildman–Crippen MR) is 239 cm³/mol. The van der Waals surface area contributed by atoms with Crippen LogP contribution in [0.4, 0.5) is 0 Å². The molecule has 13 heteroatoms. The number of allylic oxidation sites excluding steroid dienone is 6. The summed E-state index contributed by atoms with van der Waals surface area (Å²) in [6.07, 6.45) is 13.0. The smallest absolute Gasteiger partial charge is 0.329 e. The van der Waals surface area contributed by atoms with Gasteiger partial charge in [-0.15, -0.1) is 0 Å². The number of hydrogen-bond donors (Lipinski definition) is 3. The van der Waals surface area contributed by atoms with Gasteiger partial charge in [-0.3, -0.25) is 19.2 Å². The molecule has 2 saturated heterocycles. The lowest BCUT2D eigenvalue weighted by molar-refractivity contribution is -0.265. The Labute approximate surface area is 375 Å². The summed E-state index contributed by atoms with van der Waals surface area (Å²) in [4.78, 5) is 71.1. The van der Waals surface area contributed by atoms with Crippen molar-refractivity contribution in [1.29, 1.82) is 0 Å². The molecule has 4 aliphatic rings. The molecule has 13 nitrogen and oxygen atoms in total. The number of ketones is 3. The van der Waals surface area contributed by atoms with Crippen LogP contribution in [0, 0.1) is 35.5 Å². The summed E-state index contributed by atoms with van der Waals surface area (Å²) >= 11 is 0. The average Bonchev–Trinajstić information content (AvgIpc) is 3.25. The van der Waals surface area contributed by atoms with Gasteiger partial charge in [-0.25, -0.2) is 4.79 Å². The van der Waals surface area contributed by atoms with Crippen LogP contribution in [0.25, 0.3) is 0 Å². The number of carbonyl (C=O) groups is 5. The van der Waals surface area contributed by atoms with Crippen molar-refractivity contribution in [3.05, 3.63) is 47.6 Å². The number of Topliss-reactive ketones (excluding diaryl/α,β-unsaturated/α-hetero) is 3. The molecule has 1 amide bonds. The Morgan fingerprint density at radius 2 is 1.57 bits per heavy atom. The van der Waals surface area contributed by atoms with Crippen molar-refractivity contribution >= 4 is 29.2 Å². The van der Waals surface area contributed by atoms with Crippen LogP contribution in [0.5, 0.6) is 0 Å². The maximum Gasteiger partial charge on any atom is 0.329 e. The minimum absolute atomic E-state index is 0.0725. The molecular weight excluding hydrogens is 807 g/mol. The van der Waals surface area contributed by atoms with Crippen molar-refractivity contribution in [2.75, 3.05) is 20.8 Å². The fourth-order valence-corrected chi connectivity index (χ4v) is 9.78. The van der Waals surface area contributed by atoms with E-state index in [0.29, 0.717) is 63.4 Å². The molecule has 0 radical (unpaired) electrons. The van der Waals surface area contributed by atoms with E-state index in [4.69, 9.17) is 18.9 Å². The largest absolute Gasteiger partial charge is 0.460 e. The Bertz CT molecular complexity index is 1700. The van der Waals surface area contributed by atoms with Gasteiger partial charge in [0.05, 0.1) is 30.5 Å². The Kier molecular flexibility index (Phi) is 20.1. The summed E-state index contributed by atoms with van der Waals surface area (Å²) in [5.74, 6) is -7.36. The highest BCUT2D eigenvalue weighted by atomic mass is 16.6. The summed E-state index contributed by atoms with van der Waals surface area (Å²) in [7, 11) is 3.15. The SMILES string of the molecule is CO[C@H]1C[C@@H]2CC[C@@H](C)[C@@](O)(O2)C(=O)C(=O)N2CCCC[C@H]2C(=O)O[C@H]([C@H](C)C[C@@H]2CC[C@@H](O)[C@H](OC)C2)CC(=O)[C@H](C)/C=C(\C)[C@@H](O)CC(=O)[C@H](C)C[C@H](C)/C=C/C=C\C=C\1C. The van der Waals surface area contributed by atoms with E-state index in [-0.39, 0.29) is 67.1 Å². The molecule has 1 saturated carbocycles. The number of aliphatic hydroxyl groups excluding tert-OH is 2. The van der Waals surface area contributed by atoms with Gasteiger partial charge in [-0.1, -0.05) is 71.1 Å². The maximum absolute atomic E-state index is 14.3. The number of cyclic esters (lactones) is 1. The van der Waals surface area contributed by atoms with Gasteiger partial charge in [-0.2, -0.15) is 0 Å². The molecular formula is C50H77NO12. The van der Waals surface area contributed by atoms with Crippen molar-refractivity contribution < 1.29 is 58.2 Å². The van der Waals surface area contributed by atoms with Crippen molar-refractivity contribution in [2.24, 2.45) is 35.5 Å². The number of piperidine rings is 1. The molecule has 1 aliphatic carbocycles. The Hall–Kier alpha value is -3.33. The lowest BCUT2D eigenvalue weighted by Gasteiger charge is -2.42. The summed E-state index contributed by atoms with van der Waals surface area (Å²) in [5, 5.41) is 33.5. The number of nitrogens with zero attached hydrogens (tertiary/aromatic N) is 1. The topological polar surface area (TPSA) is 186 Å². The first kappa shape index (κ1) is 52.3. The molecule has 3 heterocycles. The number of ether oxygens (including phenoxy) is 4. The quantitative estimate of drug-likeness (QED) is 0.154. The van der Waals surface area contributed by atoms with Crippen molar-refractivity contribution in [2.45, 2.75) is 180 Å². The van der Waals surface area contributed by atoms with Crippen molar-refractivity contribution in [3.63, 3.8) is 0 Å². The number of carbonyl (C=O) groups excluding carboxylic acids is 5. The summed E-state index contributed by atoms with van der Waals surface area (Å²) in [6, 6.07) is -1.12. The third-order valence-corrected chi connectivity index (χ3v) is 14.2. The van der Waals surface area contributed by atoms with Gasteiger partial charge in [-0.05, 0) is 107 Å². The number of aliphatic hydroxyl groups is 3. The van der Waals surface area contributed by atoms with Crippen LogP contribution in [0.2, 0.25) is 0 Å². The Morgan fingerprint density at radius 1 is 0.841 bits per heavy atom. The second-order valence-electron chi connectivity index (χ2n) is 19.3. The minimum Gasteiger partial charge on any atom is -0.460 e. The molecule has 0 spiro atoms. The van der Waals surface area contributed by atoms with E-state index in [1.807, 2.05) is 58.1 Å². The second-order valence-corrected chi connectivity index (χ2v) is 19.3. The van der Waals surface area contributed by atoms with Gasteiger partial charge in [0.15, 0.2) is 0 Å². The summed E-state index contributed by atoms with van der Waals surface area (Å²) in [6.45, 7) is 12.9. The molecule has 0 aromatic heterocycles. The summed E-state index contributed by atoms with van der Waals surface area (Å²) < 4.78 is 23.8. The second kappa shape index (κ2) is 24.3. The van der Waals surface area contributed by atoms with E-state index in [2.05, 4.69) is 0 Å². The third-order valence-electron chi connectivity index (χ3n) is 14.2. The van der Waals surface area contributed by atoms with Crippen LogP contribution in [-0.4, -0.2) is 119 Å². The van der Waals surface area contributed by atoms with Gasteiger partial charge in [0.25, 0.3) is 11.7 Å². The van der Waals surface area contributed by atoms with E-state index >= 15 is 0 Å². The van der Waals surface area contributed by atoms with E-state index in [9.17, 15) is 39.3 Å². The number of rotatable bonds is 5. The number of methoxy groups -OCH3 is 2. The molecule has 2 bridgehead atoms. The zero-order valence-electron chi connectivity index (χ0n) is 39.3. The molecule has 14 atom stereocenters. The molecule has 0 unspecified atom stereocenters. The average molecular weight is 884 g/mol. The van der Waals surface area contributed by atoms with E-state index in [1.165, 1.54) is 4.90 Å². The number of fused-ring (bicyclic) bond motifs is 3. The number of esters is 1.